The standard InChI is InChI=1S/C15H27N3O2/c1-6-15(3,11-16)18(7-2)10-12-14(20-5)13(19-4)8-9-17-12/h8-9H,6-7,10-11,16H2,1-5H3. The summed E-state index contributed by atoms with van der Waals surface area (Å²) in [4.78, 5) is 6.77. The van der Waals surface area contributed by atoms with Crippen LogP contribution in [0.5, 0.6) is 11.5 Å². The van der Waals surface area contributed by atoms with E-state index in [4.69, 9.17) is 15.2 Å². The van der Waals surface area contributed by atoms with Crippen LogP contribution in [0, 0.1) is 0 Å². The number of methoxy groups -OCH3 is 2. The number of nitrogens with zero attached hydrogens (tertiary/aromatic N) is 2. The van der Waals surface area contributed by atoms with Gasteiger partial charge in [0.2, 0.25) is 0 Å². The van der Waals surface area contributed by atoms with Gasteiger partial charge in [0, 0.05) is 30.9 Å². The minimum atomic E-state index is -0.0372. The molecule has 0 aliphatic carbocycles. The fourth-order valence-corrected chi connectivity index (χ4v) is 2.33. The Morgan fingerprint density at radius 2 is 2.00 bits per heavy atom. The Morgan fingerprint density at radius 3 is 2.45 bits per heavy atom. The Hall–Kier alpha value is -1.33. The lowest BCUT2D eigenvalue weighted by molar-refractivity contribution is 0.101. The number of pyridine rings is 1. The van der Waals surface area contributed by atoms with E-state index in [9.17, 15) is 0 Å². The van der Waals surface area contributed by atoms with Crippen LogP contribution in [0.25, 0.3) is 0 Å². The highest BCUT2D eigenvalue weighted by molar-refractivity contribution is 5.42. The summed E-state index contributed by atoms with van der Waals surface area (Å²) >= 11 is 0. The van der Waals surface area contributed by atoms with E-state index in [0.29, 0.717) is 24.6 Å². The van der Waals surface area contributed by atoms with Crippen molar-refractivity contribution in [1.29, 1.82) is 0 Å². The third-order valence-electron chi connectivity index (χ3n) is 4.05. The predicted octanol–water partition coefficient (Wildman–Crippen LogP) is 2.05. The normalized spacial score (nSPS) is 14.2. The molecule has 0 aliphatic rings. The van der Waals surface area contributed by atoms with E-state index in [1.807, 2.05) is 0 Å². The number of hydrogen-bond acceptors (Lipinski definition) is 5. The molecular formula is C15H27N3O2. The van der Waals surface area contributed by atoms with Gasteiger partial charge in [-0.05, 0) is 19.9 Å². The van der Waals surface area contributed by atoms with Crippen LogP contribution in [0.1, 0.15) is 32.9 Å². The highest BCUT2D eigenvalue weighted by atomic mass is 16.5. The minimum absolute atomic E-state index is 0.0372. The van der Waals surface area contributed by atoms with Gasteiger partial charge in [0.25, 0.3) is 0 Å². The fourth-order valence-electron chi connectivity index (χ4n) is 2.33. The second-order valence-electron chi connectivity index (χ2n) is 5.06. The first kappa shape index (κ1) is 16.7. The molecule has 114 valence electrons. The molecule has 0 saturated heterocycles. The molecule has 0 radical (unpaired) electrons. The molecule has 0 fully saturated rings. The van der Waals surface area contributed by atoms with Crippen molar-refractivity contribution in [2.75, 3.05) is 27.3 Å². The monoisotopic (exact) mass is 281 g/mol. The van der Waals surface area contributed by atoms with Crippen molar-refractivity contribution in [2.45, 2.75) is 39.3 Å². The van der Waals surface area contributed by atoms with E-state index >= 15 is 0 Å². The van der Waals surface area contributed by atoms with Crippen LogP contribution in [0.2, 0.25) is 0 Å². The summed E-state index contributed by atoms with van der Waals surface area (Å²) in [7, 11) is 3.27. The molecular weight excluding hydrogens is 254 g/mol. The van der Waals surface area contributed by atoms with Crippen LogP contribution >= 0.6 is 0 Å². The molecule has 0 bridgehead atoms. The van der Waals surface area contributed by atoms with E-state index in [1.54, 1.807) is 26.5 Å². The maximum atomic E-state index is 5.96. The van der Waals surface area contributed by atoms with Crippen molar-refractivity contribution >= 4 is 0 Å². The molecule has 5 nitrogen and oxygen atoms in total. The third kappa shape index (κ3) is 3.41. The zero-order valence-corrected chi connectivity index (χ0v) is 13.3. The van der Waals surface area contributed by atoms with E-state index < -0.39 is 0 Å². The summed E-state index contributed by atoms with van der Waals surface area (Å²) in [5, 5.41) is 0. The van der Waals surface area contributed by atoms with Gasteiger partial charge in [0.15, 0.2) is 11.5 Å². The first-order chi connectivity index (χ1) is 9.56. The van der Waals surface area contributed by atoms with E-state index in [-0.39, 0.29) is 5.54 Å². The van der Waals surface area contributed by atoms with Crippen molar-refractivity contribution in [3.63, 3.8) is 0 Å². The van der Waals surface area contributed by atoms with Gasteiger partial charge in [-0.1, -0.05) is 13.8 Å². The molecule has 5 heteroatoms. The van der Waals surface area contributed by atoms with Gasteiger partial charge in [-0.2, -0.15) is 0 Å². The Labute approximate surface area is 122 Å². The smallest absolute Gasteiger partial charge is 0.183 e. The predicted molar refractivity (Wildman–Crippen MR) is 81.2 cm³/mol. The SMILES string of the molecule is CCN(Cc1nccc(OC)c1OC)C(C)(CC)CN. The zero-order chi connectivity index (χ0) is 15.2. The molecule has 1 heterocycles. The fraction of sp³-hybridized carbons (Fsp3) is 0.667. The molecule has 1 unspecified atom stereocenters. The van der Waals surface area contributed by atoms with Gasteiger partial charge < -0.3 is 15.2 Å². The molecule has 2 N–H and O–H groups in total. The molecule has 1 aromatic heterocycles. The van der Waals surface area contributed by atoms with Crippen LogP contribution in [-0.4, -0.2) is 42.7 Å². The van der Waals surface area contributed by atoms with Crippen molar-refractivity contribution in [3.8, 4) is 11.5 Å². The van der Waals surface area contributed by atoms with Gasteiger partial charge in [0.1, 0.15) is 5.69 Å². The van der Waals surface area contributed by atoms with Crippen molar-refractivity contribution < 1.29 is 9.47 Å². The number of rotatable bonds is 8. The topological polar surface area (TPSA) is 60.6 Å². The van der Waals surface area contributed by atoms with Gasteiger partial charge in [0.05, 0.1) is 14.2 Å². The van der Waals surface area contributed by atoms with Crippen LogP contribution in [0.3, 0.4) is 0 Å². The molecule has 0 aromatic carbocycles. The number of hydrogen-bond donors (Lipinski definition) is 1. The summed E-state index contributed by atoms with van der Waals surface area (Å²) < 4.78 is 10.8. The largest absolute Gasteiger partial charge is 0.493 e. The molecule has 1 atom stereocenters. The van der Waals surface area contributed by atoms with E-state index in [0.717, 1.165) is 18.7 Å². The second-order valence-corrected chi connectivity index (χ2v) is 5.06. The summed E-state index contributed by atoms with van der Waals surface area (Å²) in [6.07, 6.45) is 2.74. The van der Waals surface area contributed by atoms with E-state index in [2.05, 4.69) is 30.7 Å². The molecule has 1 rings (SSSR count). The molecule has 0 saturated carbocycles. The first-order valence-electron chi connectivity index (χ1n) is 7.07. The summed E-state index contributed by atoms with van der Waals surface area (Å²) in [6, 6.07) is 1.81. The highest BCUT2D eigenvalue weighted by Crippen LogP contribution is 2.31. The van der Waals surface area contributed by atoms with E-state index in [1.165, 1.54) is 0 Å². The average Bonchev–Trinajstić information content (AvgIpc) is 2.51. The lowest BCUT2D eigenvalue weighted by Crippen LogP contribution is -2.50. The lowest BCUT2D eigenvalue weighted by Gasteiger charge is -2.39. The second kappa shape index (κ2) is 7.45. The molecule has 0 spiro atoms. The van der Waals surface area contributed by atoms with Gasteiger partial charge >= 0.3 is 0 Å². The van der Waals surface area contributed by atoms with Crippen LogP contribution < -0.4 is 15.2 Å². The zero-order valence-electron chi connectivity index (χ0n) is 13.3. The Morgan fingerprint density at radius 1 is 1.30 bits per heavy atom. The minimum Gasteiger partial charge on any atom is -0.493 e. The van der Waals surface area contributed by atoms with Gasteiger partial charge in [-0.15, -0.1) is 0 Å². The van der Waals surface area contributed by atoms with Crippen molar-refractivity contribution in [2.24, 2.45) is 5.73 Å². The number of likely N-dealkylation sites (N-methyl/N-ethyl adjacent to an activating group) is 1. The average molecular weight is 281 g/mol. The first-order valence-corrected chi connectivity index (χ1v) is 7.07. The summed E-state index contributed by atoms with van der Waals surface area (Å²) in [5.74, 6) is 1.41. The number of nitrogens with two attached hydrogens (primary N) is 1. The molecule has 0 amide bonds. The maximum Gasteiger partial charge on any atom is 0.183 e. The Bertz CT molecular complexity index is 420. The highest BCUT2D eigenvalue weighted by Gasteiger charge is 2.29. The number of ether oxygens (including phenoxy) is 2. The summed E-state index contributed by atoms with van der Waals surface area (Å²) in [5.41, 5.74) is 6.80. The van der Waals surface area contributed by atoms with Crippen molar-refractivity contribution in [1.82, 2.24) is 9.88 Å². The lowest BCUT2D eigenvalue weighted by atomic mass is 9.96. The molecule has 20 heavy (non-hydrogen) atoms. The Balaban J connectivity index is 3.07. The molecule has 1 aromatic rings. The summed E-state index contributed by atoms with van der Waals surface area (Å²) in [6.45, 7) is 8.69. The third-order valence-corrected chi connectivity index (χ3v) is 4.05. The van der Waals surface area contributed by atoms with Gasteiger partial charge in [-0.3, -0.25) is 9.88 Å². The van der Waals surface area contributed by atoms with Crippen LogP contribution in [-0.2, 0) is 6.54 Å². The van der Waals surface area contributed by atoms with Gasteiger partial charge in [-0.25, -0.2) is 0 Å². The molecule has 0 aliphatic heterocycles. The van der Waals surface area contributed by atoms with Crippen LogP contribution in [0.4, 0.5) is 0 Å². The van der Waals surface area contributed by atoms with Crippen molar-refractivity contribution in [3.05, 3.63) is 18.0 Å². The van der Waals surface area contributed by atoms with Crippen LogP contribution in [0.15, 0.2) is 12.3 Å². The number of aromatic nitrogens is 1. The quantitative estimate of drug-likeness (QED) is 0.790. The maximum absolute atomic E-state index is 5.96. The Kier molecular flexibility index (Phi) is 6.23.